The molecule has 0 aliphatic heterocycles. The quantitative estimate of drug-likeness (QED) is 0.718. The molecular formula is C9H11F3N2O. The molecule has 0 bridgehead atoms. The average Bonchev–Trinajstić information content (AvgIpc) is 2.45. The van der Waals surface area contributed by atoms with Gasteiger partial charge >= 0.3 is 6.18 Å². The Morgan fingerprint density at radius 2 is 2.00 bits per heavy atom. The number of hydrogen-bond donors (Lipinski definition) is 0. The summed E-state index contributed by atoms with van der Waals surface area (Å²) in [5, 5.41) is 3.62. The van der Waals surface area contributed by atoms with Crippen LogP contribution in [0, 0.1) is 0 Å². The van der Waals surface area contributed by atoms with E-state index >= 15 is 0 Å². The Bertz CT molecular complexity index is 379. The molecule has 0 spiro atoms. The van der Waals surface area contributed by atoms with Gasteiger partial charge in [0.1, 0.15) is 11.4 Å². The second kappa shape index (κ2) is 3.67. The summed E-state index contributed by atoms with van der Waals surface area (Å²) in [6.45, 7) is 4.34. The summed E-state index contributed by atoms with van der Waals surface area (Å²) in [6, 6.07) is 0.345. The minimum Gasteiger partial charge on any atom is -0.293 e. The van der Waals surface area contributed by atoms with Gasteiger partial charge in [-0.25, -0.2) is 0 Å². The van der Waals surface area contributed by atoms with E-state index in [0.717, 1.165) is 10.7 Å². The Labute approximate surface area is 84.9 Å². The van der Waals surface area contributed by atoms with E-state index in [1.165, 1.54) is 6.92 Å². The molecule has 0 aliphatic rings. The summed E-state index contributed by atoms with van der Waals surface area (Å²) in [4.78, 5) is 10.9. The van der Waals surface area contributed by atoms with Gasteiger partial charge in [-0.3, -0.25) is 9.48 Å². The zero-order valence-corrected chi connectivity index (χ0v) is 8.59. The van der Waals surface area contributed by atoms with Crippen LogP contribution in [0.25, 0.3) is 0 Å². The number of Topliss-reactive ketones (excluding diaryl/α,β-unsaturated/α-hetero) is 1. The lowest BCUT2D eigenvalue weighted by Gasteiger charge is -2.12. The smallest absolute Gasteiger partial charge is 0.293 e. The standard InChI is InChI=1S/C9H11F3N2O/c1-5(2)14-8(9(10,11)12)4-7(13-14)6(3)15/h4-5H,1-3H3. The van der Waals surface area contributed by atoms with E-state index in [1.807, 2.05) is 0 Å². The van der Waals surface area contributed by atoms with Crippen molar-refractivity contribution in [2.24, 2.45) is 0 Å². The molecule has 1 rings (SSSR count). The number of nitrogens with zero attached hydrogens (tertiary/aromatic N) is 2. The molecule has 0 saturated heterocycles. The third-order valence-electron chi connectivity index (χ3n) is 1.88. The number of aromatic nitrogens is 2. The molecular weight excluding hydrogens is 209 g/mol. The maximum Gasteiger partial charge on any atom is 0.433 e. The number of carbonyl (C=O) groups is 1. The fourth-order valence-corrected chi connectivity index (χ4v) is 1.17. The number of carbonyl (C=O) groups excluding carboxylic acids is 1. The first-order chi connectivity index (χ1) is 6.73. The van der Waals surface area contributed by atoms with Crippen molar-refractivity contribution in [1.82, 2.24) is 9.78 Å². The van der Waals surface area contributed by atoms with Gasteiger partial charge in [-0.2, -0.15) is 18.3 Å². The molecule has 0 aliphatic carbocycles. The SMILES string of the molecule is CC(=O)c1cc(C(F)(F)F)n(C(C)C)n1. The van der Waals surface area contributed by atoms with Crippen molar-refractivity contribution in [2.45, 2.75) is 33.0 Å². The molecule has 84 valence electrons. The molecule has 0 N–H and O–H groups in total. The van der Waals surface area contributed by atoms with Crippen molar-refractivity contribution in [2.75, 3.05) is 0 Å². The molecule has 0 radical (unpaired) electrons. The molecule has 15 heavy (non-hydrogen) atoms. The van der Waals surface area contributed by atoms with E-state index in [4.69, 9.17) is 0 Å². The van der Waals surface area contributed by atoms with Crippen LogP contribution < -0.4 is 0 Å². The maximum absolute atomic E-state index is 12.5. The minimum atomic E-state index is -4.48. The Morgan fingerprint density at radius 1 is 1.47 bits per heavy atom. The molecule has 0 saturated carbocycles. The molecule has 1 aromatic heterocycles. The van der Waals surface area contributed by atoms with E-state index in [2.05, 4.69) is 5.10 Å². The highest BCUT2D eigenvalue weighted by molar-refractivity contribution is 5.92. The number of halogens is 3. The highest BCUT2D eigenvalue weighted by Crippen LogP contribution is 2.31. The first kappa shape index (κ1) is 11.7. The number of rotatable bonds is 2. The lowest BCUT2D eigenvalue weighted by atomic mass is 10.3. The summed E-state index contributed by atoms with van der Waals surface area (Å²) in [5.74, 6) is -0.472. The van der Waals surface area contributed by atoms with E-state index in [0.29, 0.717) is 0 Å². The topological polar surface area (TPSA) is 34.9 Å². The molecule has 0 atom stereocenters. The van der Waals surface area contributed by atoms with Crippen LogP contribution in [0.4, 0.5) is 13.2 Å². The van der Waals surface area contributed by atoms with E-state index in [-0.39, 0.29) is 5.69 Å². The predicted octanol–water partition coefficient (Wildman–Crippen LogP) is 2.69. The zero-order chi connectivity index (χ0) is 11.8. The second-order valence-electron chi connectivity index (χ2n) is 3.51. The summed E-state index contributed by atoms with van der Waals surface area (Å²) in [5.41, 5.74) is -1.04. The minimum absolute atomic E-state index is 0.156. The largest absolute Gasteiger partial charge is 0.433 e. The molecule has 0 fully saturated rings. The number of hydrogen-bond acceptors (Lipinski definition) is 2. The maximum atomic E-state index is 12.5. The lowest BCUT2D eigenvalue weighted by molar-refractivity contribution is -0.144. The van der Waals surface area contributed by atoms with Crippen molar-refractivity contribution in [3.8, 4) is 0 Å². The van der Waals surface area contributed by atoms with Crippen molar-refractivity contribution in [3.05, 3.63) is 17.5 Å². The van der Waals surface area contributed by atoms with Gasteiger partial charge in [-0.15, -0.1) is 0 Å². The highest BCUT2D eigenvalue weighted by Gasteiger charge is 2.36. The predicted molar refractivity (Wildman–Crippen MR) is 47.6 cm³/mol. The van der Waals surface area contributed by atoms with Gasteiger partial charge in [0, 0.05) is 13.0 Å². The summed E-state index contributed by atoms with van der Waals surface area (Å²) in [6.07, 6.45) is -4.48. The summed E-state index contributed by atoms with van der Waals surface area (Å²) >= 11 is 0. The van der Waals surface area contributed by atoms with E-state index < -0.39 is 23.7 Å². The molecule has 1 aromatic rings. The monoisotopic (exact) mass is 220 g/mol. The van der Waals surface area contributed by atoms with Crippen LogP contribution in [0.15, 0.2) is 6.07 Å². The van der Waals surface area contributed by atoms with Crippen molar-refractivity contribution < 1.29 is 18.0 Å². The molecule has 1 heterocycles. The van der Waals surface area contributed by atoms with Crippen LogP contribution in [-0.2, 0) is 6.18 Å². The van der Waals surface area contributed by atoms with E-state index in [9.17, 15) is 18.0 Å². The van der Waals surface area contributed by atoms with Crippen molar-refractivity contribution in [1.29, 1.82) is 0 Å². The van der Waals surface area contributed by atoms with Crippen LogP contribution in [0.5, 0.6) is 0 Å². The lowest BCUT2D eigenvalue weighted by Crippen LogP contribution is -2.16. The fraction of sp³-hybridized carbons (Fsp3) is 0.556. The molecule has 0 aromatic carbocycles. The summed E-state index contributed by atoms with van der Waals surface area (Å²) < 4.78 is 38.4. The van der Waals surface area contributed by atoms with Gasteiger partial charge in [0.05, 0.1) is 0 Å². The first-order valence-electron chi connectivity index (χ1n) is 4.41. The van der Waals surface area contributed by atoms with Crippen molar-refractivity contribution >= 4 is 5.78 Å². The fourth-order valence-electron chi connectivity index (χ4n) is 1.17. The van der Waals surface area contributed by atoms with Crippen LogP contribution in [0.2, 0.25) is 0 Å². The number of alkyl halides is 3. The van der Waals surface area contributed by atoms with Gasteiger partial charge in [-0.05, 0) is 19.9 Å². The van der Waals surface area contributed by atoms with Gasteiger partial charge < -0.3 is 0 Å². The number of ketones is 1. The van der Waals surface area contributed by atoms with Crippen LogP contribution in [0.1, 0.15) is 43.0 Å². The van der Waals surface area contributed by atoms with Gasteiger partial charge in [0.15, 0.2) is 5.78 Å². The third kappa shape index (κ3) is 2.37. The van der Waals surface area contributed by atoms with Gasteiger partial charge in [0.25, 0.3) is 0 Å². The molecule has 6 heteroatoms. The summed E-state index contributed by atoms with van der Waals surface area (Å²) in [7, 11) is 0. The second-order valence-corrected chi connectivity index (χ2v) is 3.51. The molecule has 0 unspecified atom stereocenters. The average molecular weight is 220 g/mol. The van der Waals surface area contributed by atoms with Crippen LogP contribution >= 0.6 is 0 Å². The van der Waals surface area contributed by atoms with E-state index in [1.54, 1.807) is 13.8 Å². The third-order valence-corrected chi connectivity index (χ3v) is 1.88. The Hall–Kier alpha value is -1.33. The molecule has 3 nitrogen and oxygen atoms in total. The zero-order valence-electron chi connectivity index (χ0n) is 8.59. The Kier molecular flexibility index (Phi) is 2.88. The van der Waals surface area contributed by atoms with Crippen molar-refractivity contribution in [3.63, 3.8) is 0 Å². The Balaban J connectivity index is 3.30. The van der Waals surface area contributed by atoms with Crippen LogP contribution in [0.3, 0.4) is 0 Å². The van der Waals surface area contributed by atoms with Gasteiger partial charge in [0.2, 0.25) is 0 Å². The van der Waals surface area contributed by atoms with Gasteiger partial charge in [-0.1, -0.05) is 0 Å². The van der Waals surface area contributed by atoms with Crippen LogP contribution in [-0.4, -0.2) is 15.6 Å². The normalized spacial score (nSPS) is 12.2. The Morgan fingerprint density at radius 3 is 2.27 bits per heavy atom. The first-order valence-corrected chi connectivity index (χ1v) is 4.41. The molecule has 0 amide bonds. The highest BCUT2D eigenvalue weighted by atomic mass is 19.4.